The van der Waals surface area contributed by atoms with Crippen molar-refractivity contribution in [2.45, 2.75) is 26.2 Å². The Balaban J connectivity index is 1.31. The van der Waals surface area contributed by atoms with Gasteiger partial charge in [0.2, 0.25) is 5.95 Å². The summed E-state index contributed by atoms with van der Waals surface area (Å²) in [5.41, 5.74) is 3.64. The number of piperidine rings is 1. The molecule has 1 saturated heterocycles. The van der Waals surface area contributed by atoms with Gasteiger partial charge in [-0.1, -0.05) is 37.3 Å². The summed E-state index contributed by atoms with van der Waals surface area (Å²) in [7, 11) is 0. The van der Waals surface area contributed by atoms with E-state index in [4.69, 9.17) is 0 Å². The standard InChI is InChI=1S/C24H29N5/c1-19-13-17-29(18-14-19)22-9-7-21(8-10-22)27-23-12-16-26-24(28-23)25-15-11-20-5-3-2-4-6-20/h2-10,12,16,19H,11,13-15,17-18H2,1H3,(H2,25,26,27,28). The molecule has 1 aromatic heterocycles. The first-order chi connectivity index (χ1) is 14.3. The smallest absolute Gasteiger partial charge is 0.224 e. The number of benzene rings is 2. The van der Waals surface area contributed by atoms with Crippen molar-refractivity contribution in [3.05, 3.63) is 72.4 Å². The minimum absolute atomic E-state index is 0.644. The minimum atomic E-state index is 0.644. The van der Waals surface area contributed by atoms with Crippen LogP contribution in [-0.4, -0.2) is 29.6 Å². The summed E-state index contributed by atoms with van der Waals surface area (Å²) in [4.78, 5) is 11.4. The molecule has 4 rings (SSSR count). The molecule has 150 valence electrons. The zero-order valence-corrected chi connectivity index (χ0v) is 17.0. The van der Waals surface area contributed by atoms with Crippen molar-refractivity contribution in [2.75, 3.05) is 35.2 Å². The molecule has 29 heavy (non-hydrogen) atoms. The lowest BCUT2D eigenvalue weighted by atomic mass is 9.99. The Kier molecular flexibility index (Phi) is 6.25. The Labute approximate surface area is 173 Å². The first-order valence-corrected chi connectivity index (χ1v) is 10.5. The number of hydrogen-bond donors (Lipinski definition) is 2. The topological polar surface area (TPSA) is 53.1 Å². The Morgan fingerprint density at radius 1 is 0.966 bits per heavy atom. The Bertz CT molecular complexity index is 887. The van der Waals surface area contributed by atoms with Crippen LogP contribution in [0.4, 0.5) is 23.1 Å². The van der Waals surface area contributed by atoms with Crippen LogP contribution in [0.15, 0.2) is 66.9 Å². The van der Waals surface area contributed by atoms with Crippen molar-refractivity contribution in [1.82, 2.24) is 9.97 Å². The van der Waals surface area contributed by atoms with E-state index in [9.17, 15) is 0 Å². The highest BCUT2D eigenvalue weighted by Crippen LogP contribution is 2.25. The largest absolute Gasteiger partial charge is 0.372 e. The maximum absolute atomic E-state index is 4.58. The number of anilines is 4. The van der Waals surface area contributed by atoms with Gasteiger partial charge in [0.15, 0.2) is 0 Å². The first kappa shape index (κ1) is 19.2. The molecule has 5 heteroatoms. The molecule has 2 N–H and O–H groups in total. The molecule has 1 aliphatic heterocycles. The molecule has 3 aromatic rings. The van der Waals surface area contributed by atoms with Crippen LogP contribution in [0.1, 0.15) is 25.3 Å². The van der Waals surface area contributed by atoms with Crippen LogP contribution in [0.5, 0.6) is 0 Å². The lowest BCUT2D eigenvalue weighted by Crippen LogP contribution is -2.32. The fourth-order valence-corrected chi connectivity index (χ4v) is 3.65. The van der Waals surface area contributed by atoms with Gasteiger partial charge in [0.25, 0.3) is 0 Å². The number of aromatic nitrogens is 2. The van der Waals surface area contributed by atoms with Crippen molar-refractivity contribution in [3.63, 3.8) is 0 Å². The third-order valence-electron chi connectivity index (χ3n) is 5.48. The van der Waals surface area contributed by atoms with Crippen molar-refractivity contribution in [3.8, 4) is 0 Å². The summed E-state index contributed by atoms with van der Waals surface area (Å²) in [5.74, 6) is 2.28. The third-order valence-corrected chi connectivity index (χ3v) is 5.48. The van der Waals surface area contributed by atoms with E-state index in [0.29, 0.717) is 5.95 Å². The molecule has 2 heterocycles. The van der Waals surface area contributed by atoms with Gasteiger partial charge in [0.1, 0.15) is 5.82 Å². The van der Waals surface area contributed by atoms with Gasteiger partial charge >= 0.3 is 0 Å². The van der Waals surface area contributed by atoms with E-state index >= 15 is 0 Å². The van der Waals surface area contributed by atoms with Gasteiger partial charge in [0, 0.05) is 37.2 Å². The van der Waals surface area contributed by atoms with Crippen LogP contribution in [0.3, 0.4) is 0 Å². The summed E-state index contributed by atoms with van der Waals surface area (Å²) in [6.45, 7) is 5.45. The molecule has 0 amide bonds. The minimum Gasteiger partial charge on any atom is -0.372 e. The van der Waals surface area contributed by atoms with Crippen LogP contribution in [0.2, 0.25) is 0 Å². The van der Waals surface area contributed by atoms with E-state index in [1.54, 1.807) is 6.20 Å². The SMILES string of the molecule is CC1CCN(c2ccc(Nc3ccnc(NCCc4ccccc4)n3)cc2)CC1. The summed E-state index contributed by atoms with van der Waals surface area (Å²) >= 11 is 0. The van der Waals surface area contributed by atoms with Gasteiger partial charge < -0.3 is 15.5 Å². The molecule has 0 unspecified atom stereocenters. The average molecular weight is 388 g/mol. The first-order valence-electron chi connectivity index (χ1n) is 10.5. The zero-order chi connectivity index (χ0) is 19.9. The van der Waals surface area contributed by atoms with Crippen molar-refractivity contribution < 1.29 is 0 Å². The second-order valence-electron chi connectivity index (χ2n) is 7.77. The Hall–Kier alpha value is -3.08. The highest BCUT2D eigenvalue weighted by molar-refractivity contribution is 5.61. The molecule has 0 saturated carbocycles. The van der Waals surface area contributed by atoms with Gasteiger partial charge in [-0.05, 0) is 61.1 Å². The number of nitrogens with zero attached hydrogens (tertiary/aromatic N) is 3. The van der Waals surface area contributed by atoms with E-state index in [1.807, 2.05) is 12.1 Å². The third kappa shape index (κ3) is 5.47. The predicted molar refractivity (Wildman–Crippen MR) is 121 cm³/mol. The quantitative estimate of drug-likeness (QED) is 0.590. The van der Waals surface area contributed by atoms with Crippen LogP contribution in [0.25, 0.3) is 0 Å². The Morgan fingerprint density at radius 2 is 1.72 bits per heavy atom. The maximum Gasteiger partial charge on any atom is 0.224 e. The molecule has 0 radical (unpaired) electrons. The number of hydrogen-bond acceptors (Lipinski definition) is 5. The van der Waals surface area contributed by atoms with Crippen molar-refractivity contribution in [2.24, 2.45) is 5.92 Å². The van der Waals surface area contributed by atoms with Crippen LogP contribution >= 0.6 is 0 Å². The van der Waals surface area contributed by atoms with Gasteiger partial charge in [-0.15, -0.1) is 0 Å². The molecular weight excluding hydrogens is 358 g/mol. The average Bonchev–Trinajstić information content (AvgIpc) is 2.76. The van der Waals surface area contributed by atoms with E-state index in [0.717, 1.165) is 43.5 Å². The molecule has 0 atom stereocenters. The molecule has 2 aromatic carbocycles. The van der Waals surface area contributed by atoms with Gasteiger partial charge in [-0.25, -0.2) is 4.98 Å². The summed E-state index contributed by atoms with van der Waals surface area (Å²) in [6.07, 6.45) is 5.28. The second-order valence-corrected chi connectivity index (χ2v) is 7.77. The summed E-state index contributed by atoms with van der Waals surface area (Å²) < 4.78 is 0. The summed E-state index contributed by atoms with van der Waals surface area (Å²) in [5, 5.41) is 6.69. The molecule has 1 aliphatic rings. The predicted octanol–water partition coefficient (Wildman–Crippen LogP) is 5.11. The second kappa shape index (κ2) is 9.41. The van der Waals surface area contributed by atoms with Gasteiger partial charge in [0.05, 0.1) is 0 Å². The van der Waals surface area contributed by atoms with E-state index in [-0.39, 0.29) is 0 Å². The highest BCUT2D eigenvalue weighted by Gasteiger charge is 2.15. The normalized spacial score (nSPS) is 14.6. The van der Waals surface area contributed by atoms with Crippen LogP contribution < -0.4 is 15.5 Å². The van der Waals surface area contributed by atoms with Crippen LogP contribution in [0, 0.1) is 5.92 Å². The highest BCUT2D eigenvalue weighted by atomic mass is 15.1. The lowest BCUT2D eigenvalue weighted by molar-refractivity contribution is 0.438. The van der Waals surface area contributed by atoms with Crippen molar-refractivity contribution >= 4 is 23.1 Å². The van der Waals surface area contributed by atoms with Gasteiger partial charge in [-0.2, -0.15) is 4.98 Å². The number of rotatable bonds is 7. The van der Waals surface area contributed by atoms with E-state index in [2.05, 4.69) is 81.0 Å². The van der Waals surface area contributed by atoms with E-state index in [1.165, 1.54) is 24.1 Å². The monoisotopic (exact) mass is 387 g/mol. The van der Waals surface area contributed by atoms with Crippen LogP contribution in [-0.2, 0) is 6.42 Å². The molecule has 0 aliphatic carbocycles. The lowest BCUT2D eigenvalue weighted by Gasteiger charge is -2.32. The fraction of sp³-hybridized carbons (Fsp3) is 0.333. The molecular formula is C24H29N5. The van der Waals surface area contributed by atoms with Crippen molar-refractivity contribution in [1.29, 1.82) is 0 Å². The molecule has 1 fully saturated rings. The molecule has 5 nitrogen and oxygen atoms in total. The molecule has 0 spiro atoms. The van der Waals surface area contributed by atoms with E-state index < -0.39 is 0 Å². The molecule has 0 bridgehead atoms. The Morgan fingerprint density at radius 3 is 2.48 bits per heavy atom. The number of nitrogens with one attached hydrogen (secondary N) is 2. The maximum atomic E-state index is 4.58. The van der Waals surface area contributed by atoms with Gasteiger partial charge in [-0.3, -0.25) is 0 Å². The summed E-state index contributed by atoms with van der Waals surface area (Å²) in [6, 6.07) is 21.0. The fourth-order valence-electron chi connectivity index (χ4n) is 3.65. The zero-order valence-electron chi connectivity index (χ0n) is 17.0.